The van der Waals surface area contributed by atoms with Crippen molar-refractivity contribution in [2.45, 2.75) is 6.92 Å². The fraction of sp³-hybridized carbons (Fsp3) is 0.133. The minimum absolute atomic E-state index is 0.00975. The van der Waals surface area contributed by atoms with Crippen LogP contribution in [0.15, 0.2) is 48.5 Å². The van der Waals surface area contributed by atoms with Crippen molar-refractivity contribution in [2.75, 3.05) is 11.9 Å². The van der Waals surface area contributed by atoms with Crippen molar-refractivity contribution < 1.29 is 9.53 Å². The zero-order valence-electron chi connectivity index (χ0n) is 10.5. The number of carbonyl (C=O) groups excluding carboxylic acids is 1. The summed E-state index contributed by atoms with van der Waals surface area (Å²) >= 11 is 2.18. The molecule has 0 aliphatic carbocycles. The van der Waals surface area contributed by atoms with Gasteiger partial charge in [-0.2, -0.15) is 0 Å². The van der Waals surface area contributed by atoms with Crippen molar-refractivity contribution in [3.8, 4) is 5.75 Å². The van der Waals surface area contributed by atoms with Crippen LogP contribution in [0.25, 0.3) is 0 Å². The number of hydrogen-bond acceptors (Lipinski definition) is 2. The van der Waals surface area contributed by atoms with Gasteiger partial charge in [0.05, 0.1) is 5.69 Å². The van der Waals surface area contributed by atoms with E-state index in [9.17, 15) is 4.79 Å². The number of halogens is 1. The second-order valence-corrected chi connectivity index (χ2v) is 5.24. The molecule has 0 fully saturated rings. The third kappa shape index (κ3) is 3.96. The standard InChI is InChI=1S/C15H14INO2/c1-11-6-2-5-9-14(11)19-10-15(18)17-13-8-4-3-7-12(13)16/h2-9H,10H2,1H3,(H,17,18). The molecule has 0 aliphatic heterocycles. The Kier molecular flexibility index (Phi) is 4.79. The highest BCUT2D eigenvalue weighted by Gasteiger charge is 2.06. The Balaban J connectivity index is 1.92. The predicted octanol–water partition coefficient (Wildman–Crippen LogP) is 3.62. The van der Waals surface area contributed by atoms with Crippen LogP contribution in [0.5, 0.6) is 5.75 Å². The lowest BCUT2D eigenvalue weighted by Crippen LogP contribution is -2.20. The first-order chi connectivity index (χ1) is 9.16. The first-order valence-corrected chi connectivity index (χ1v) is 6.97. The number of para-hydroxylation sites is 2. The average molecular weight is 367 g/mol. The topological polar surface area (TPSA) is 38.3 Å². The van der Waals surface area contributed by atoms with Gasteiger partial charge in [0, 0.05) is 3.57 Å². The molecule has 0 aromatic heterocycles. The molecule has 1 N–H and O–H groups in total. The monoisotopic (exact) mass is 367 g/mol. The molecule has 2 aromatic carbocycles. The summed E-state index contributed by atoms with van der Waals surface area (Å²) < 4.78 is 6.50. The third-order valence-corrected chi connectivity index (χ3v) is 3.54. The Labute approximate surface area is 126 Å². The quantitative estimate of drug-likeness (QED) is 0.839. The van der Waals surface area contributed by atoms with Crippen molar-refractivity contribution in [1.29, 1.82) is 0 Å². The minimum Gasteiger partial charge on any atom is -0.483 e. The van der Waals surface area contributed by atoms with Crippen LogP contribution in [0.3, 0.4) is 0 Å². The number of nitrogens with one attached hydrogen (secondary N) is 1. The van der Waals surface area contributed by atoms with E-state index < -0.39 is 0 Å². The molecule has 2 aromatic rings. The minimum atomic E-state index is -0.160. The zero-order valence-corrected chi connectivity index (χ0v) is 12.7. The first kappa shape index (κ1) is 13.9. The van der Waals surface area contributed by atoms with Gasteiger partial charge in [0.25, 0.3) is 5.91 Å². The number of anilines is 1. The Morgan fingerprint density at radius 1 is 1.16 bits per heavy atom. The Morgan fingerprint density at radius 3 is 2.58 bits per heavy atom. The lowest BCUT2D eigenvalue weighted by Gasteiger charge is -2.10. The maximum absolute atomic E-state index is 11.8. The van der Waals surface area contributed by atoms with Gasteiger partial charge in [0.1, 0.15) is 5.75 Å². The number of rotatable bonds is 4. The van der Waals surface area contributed by atoms with Crippen LogP contribution in [-0.2, 0) is 4.79 Å². The highest BCUT2D eigenvalue weighted by molar-refractivity contribution is 14.1. The average Bonchev–Trinajstić information content (AvgIpc) is 2.40. The molecule has 19 heavy (non-hydrogen) atoms. The normalized spacial score (nSPS) is 10.0. The molecule has 0 unspecified atom stereocenters. The molecular weight excluding hydrogens is 353 g/mol. The Hall–Kier alpha value is -1.56. The highest BCUT2D eigenvalue weighted by atomic mass is 127. The maximum atomic E-state index is 11.8. The van der Waals surface area contributed by atoms with Crippen molar-refractivity contribution in [2.24, 2.45) is 0 Å². The summed E-state index contributed by atoms with van der Waals surface area (Å²) in [6.45, 7) is 1.96. The zero-order chi connectivity index (χ0) is 13.7. The predicted molar refractivity (Wildman–Crippen MR) is 84.5 cm³/mol. The van der Waals surface area contributed by atoms with Gasteiger partial charge < -0.3 is 10.1 Å². The number of hydrogen-bond donors (Lipinski definition) is 1. The van der Waals surface area contributed by atoms with E-state index in [0.717, 1.165) is 20.6 Å². The van der Waals surface area contributed by atoms with E-state index >= 15 is 0 Å². The van der Waals surface area contributed by atoms with Crippen LogP contribution in [0.4, 0.5) is 5.69 Å². The van der Waals surface area contributed by atoms with Gasteiger partial charge in [-0.05, 0) is 53.3 Å². The summed E-state index contributed by atoms with van der Waals surface area (Å²) in [5.41, 5.74) is 1.83. The second-order valence-electron chi connectivity index (χ2n) is 4.08. The molecule has 0 spiro atoms. The van der Waals surface area contributed by atoms with E-state index in [1.54, 1.807) is 0 Å². The van der Waals surface area contributed by atoms with E-state index in [4.69, 9.17) is 4.74 Å². The van der Waals surface area contributed by atoms with E-state index in [1.165, 1.54) is 0 Å². The van der Waals surface area contributed by atoms with Crippen molar-refractivity contribution in [3.05, 3.63) is 57.7 Å². The summed E-state index contributed by atoms with van der Waals surface area (Å²) in [6, 6.07) is 15.3. The summed E-state index contributed by atoms with van der Waals surface area (Å²) in [7, 11) is 0. The molecule has 0 saturated heterocycles. The lowest BCUT2D eigenvalue weighted by atomic mass is 10.2. The molecule has 0 aliphatic rings. The highest BCUT2D eigenvalue weighted by Crippen LogP contribution is 2.18. The van der Waals surface area contributed by atoms with Gasteiger partial charge in [-0.15, -0.1) is 0 Å². The number of amides is 1. The van der Waals surface area contributed by atoms with E-state index in [1.807, 2.05) is 55.5 Å². The summed E-state index contributed by atoms with van der Waals surface area (Å²) in [5.74, 6) is 0.577. The fourth-order valence-electron chi connectivity index (χ4n) is 1.61. The van der Waals surface area contributed by atoms with Gasteiger partial charge in [0.15, 0.2) is 6.61 Å². The third-order valence-electron chi connectivity index (χ3n) is 2.60. The molecule has 2 rings (SSSR count). The number of carbonyl (C=O) groups is 1. The van der Waals surface area contributed by atoms with Gasteiger partial charge in [-0.3, -0.25) is 4.79 Å². The molecule has 0 heterocycles. The van der Waals surface area contributed by atoms with Gasteiger partial charge in [0.2, 0.25) is 0 Å². The molecule has 0 bridgehead atoms. The van der Waals surface area contributed by atoms with E-state index in [0.29, 0.717) is 0 Å². The summed E-state index contributed by atoms with van der Waals surface area (Å²) in [6.07, 6.45) is 0. The van der Waals surface area contributed by atoms with Crippen LogP contribution in [-0.4, -0.2) is 12.5 Å². The van der Waals surface area contributed by atoms with Crippen LogP contribution >= 0.6 is 22.6 Å². The van der Waals surface area contributed by atoms with Crippen molar-refractivity contribution >= 4 is 34.2 Å². The van der Waals surface area contributed by atoms with Crippen LogP contribution < -0.4 is 10.1 Å². The number of aryl methyl sites for hydroxylation is 1. The van der Waals surface area contributed by atoms with Gasteiger partial charge >= 0.3 is 0 Å². The van der Waals surface area contributed by atoms with Crippen molar-refractivity contribution in [3.63, 3.8) is 0 Å². The van der Waals surface area contributed by atoms with Gasteiger partial charge in [-0.1, -0.05) is 30.3 Å². The SMILES string of the molecule is Cc1ccccc1OCC(=O)Nc1ccccc1I. The van der Waals surface area contributed by atoms with Crippen LogP contribution in [0, 0.1) is 10.5 Å². The second kappa shape index (κ2) is 6.56. The Morgan fingerprint density at radius 2 is 1.84 bits per heavy atom. The first-order valence-electron chi connectivity index (χ1n) is 5.89. The molecule has 3 nitrogen and oxygen atoms in total. The number of benzene rings is 2. The van der Waals surface area contributed by atoms with Crippen LogP contribution in [0.2, 0.25) is 0 Å². The summed E-state index contributed by atoms with van der Waals surface area (Å²) in [4.78, 5) is 11.8. The molecule has 0 atom stereocenters. The summed E-state index contributed by atoms with van der Waals surface area (Å²) in [5, 5.41) is 2.83. The molecule has 1 amide bonds. The van der Waals surface area contributed by atoms with E-state index in [2.05, 4.69) is 27.9 Å². The Bertz CT molecular complexity index is 584. The van der Waals surface area contributed by atoms with E-state index in [-0.39, 0.29) is 12.5 Å². The lowest BCUT2D eigenvalue weighted by molar-refractivity contribution is -0.118. The molecule has 4 heteroatoms. The molecule has 0 radical (unpaired) electrons. The molecule has 98 valence electrons. The molecule has 0 saturated carbocycles. The fourth-order valence-corrected chi connectivity index (χ4v) is 2.13. The van der Waals surface area contributed by atoms with Crippen molar-refractivity contribution in [1.82, 2.24) is 0 Å². The maximum Gasteiger partial charge on any atom is 0.262 e. The smallest absolute Gasteiger partial charge is 0.262 e. The molecular formula is C15H14INO2. The van der Waals surface area contributed by atoms with Crippen LogP contribution in [0.1, 0.15) is 5.56 Å². The number of ether oxygens (including phenoxy) is 1. The van der Waals surface area contributed by atoms with Gasteiger partial charge in [-0.25, -0.2) is 0 Å². The largest absolute Gasteiger partial charge is 0.483 e.